The van der Waals surface area contributed by atoms with Crippen LogP contribution < -0.4 is 22.1 Å². The SMILES string of the molecule is CC(C)C[C@@H](NC(=O)[C@H](CC(=O)[C@H](N)Cc1ccccc1)Cc1ccccc1)C(=O)C[C@H](CCCCN)C(=O)N1CCC2(CC1)OC(=O)Nc1ncccc12. The Morgan fingerprint density at radius 3 is 2.15 bits per heavy atom. The van der Waals surface area contributed by atoms with E-state index in [-0.39, 0.29) is 42.1 Å². The molecule has 2 aliphatic rings. The van der Waals surface area contributed by atoms with E-state index in [4.69, 9.17) is 16.2 Å². The van der Waals surface area contributed by atoms with Gasteiger partial charge in [0.25, 0.3) is 0 Å². The fourth-order valence-corrected chi connectivity index (χ4v) is 7.74. The molecule has 6 N–H and O–H groups in total. The Labute approximate surface area is 324 Å². The number of hydrogen-bond donors (Lipinski definition) is 4. The van der Waals surface area contributed by atoms with Gasteiger partial charge in [0.1, 0.15) is 11.4 Å². The van der Waals surface area contributed by atoms with E-state index in [0.29, 0.717) is 76.8 Å². The Kier molecular flexibility index (Phi) is 14.7. The van der Waals surface area contributed by atoms with Gasteiger partial charge >= 0.3 is 6.09 Å². The number of pyridine rings is 1. The zero-order chi connectivity index (χ0) is 39.4. The predicted molar refractivity (Wildman–Crippen MR) is 211 cm³/mol. The first-order chi connectivity index (χ1) is 26.5. The van der Waals surface area contributed by atoms with E-state index in [9.17, 15) is 24.0 Å². The average Bonchev–Trinajstić information content (AvgIpc) is 3.17. The summed E-state index contributed by atoms with van der Waals surface area (Å²) < 4.78 is 5.84. The number of piperidine rings is 1. The van der Waals surface area contributed by atoms with E-state index in [0.717, 1.165) is 16.7 Å². The molecule has 0 aliphatic carbocycles. The van der Waals surface area contributed by atoms with E-state index < -0.39 is 35.6 Å². The summed E-state index contributed by atoms with van der Waals surface area (Å²) >= 11 is 0. The number of hydrogen-bond acceptors (Lipinski definition) is 9. The molecule has 1 saturated heterocycles. The first kappa shape index (κ1) is 41.2. The molecular formula is C43H56N6O6. The van der Waals surface area contributed by atoms with Gasteiger partial charge in [0.2, 0.25) is 11.8 Å². The van der Waals surface area contributed by atoms with Gasteiger partial charge in [-0.05, 0) is 67.8 Å². The number of nitrogens with two attached hydrogens (primary N) is 2. The lowest BCUT2D eigenvalue weighted by molar-refractivity contribution is -0.143. The monoisotopic (exact) mass is 752 g/mol. The quantitative estimate of drug-likeness (QED) is 0.121. The highest BCUT2D eigenvalue weighted by atomic mass is 16.6. The van der Waals surface area contributed by atoms with Crippen LogP contribution in [-0.4, -0.2) is 71.1 Å². The minimum atomic E-state index is -0.886. The largest absolute Gasteiger partial charge is 0.437 e. The maximum absolute atomic E-state index is 14.2. The maximum Gasteiger partial charge on any atom is 0.413 e. The second-order valence-corrected chi connectivity index (χ2v) is 15.4. The summed E-state index contributed by atoms with van der Waals surface area (Å²) in [7, 11) is 0. The maximum atomic E-state index is 14.2. The summed E-state index contributed by atoms with van der Waals surface area (Å²) in [5, 5.41) is 5.68. The molecule has 55 heavy (non-hydrogen) atoms. The Balaban J connectivity index is 1.28. The normalized spacial score (nSPS) is 17.0. The van der Waals surface area contributed by atoms with Crippen molar-refractivity contribution in [1.29, 1.82) is 0 Å². The first-order valence-electron chi connectivity index (χ1n) is 19.6. The number of unbranched alkanes of at least 4 members (excludes halogenated alkanes) is 1. The van der Waals surface area contributed by atoms with Gasteiger partial charge < -0.3 is 26.4 Å². The first-order valence-corrected chi connectivity index (χ1v) is 19.6. The number of aromatic nitrogens is 1. The van der Waals surface area contributed by atoms with Gasteiger partial charge in [0.05, 0.1) is 12.1 Å². The van der Waals surface area contributed by atoms with Crippen molar-refractivity contribution in [2.75, 3.05) is 25.0 Å². The summed E-state index contributed by atoms with van der Waals surface area (Å²) in [6, 6.07) is 21.1. The molecule has 0 bridgehead atoms. The van der Waals surface area contributed by atoms with Gasteiger partial charge in [-0.25, -0.2) is 9.78 Å². The minimum Gasteiger partial charge on any atom is -0.437 e. The molecule has 12 heteroatoms. The smallest absolute Gasteiger partial charge is 0.413 e. The van der Waals surface area contributed by atoms with Crippen LogP contribution in [0.4, 0.5) is 10.6 Å². The zero-order valence-corrected chi connectivity index (χ0v) is 32.1. The van der Waals surface area contributed by atoms with E-state index in [1.165, 1.54) is 0 Å². The van der Waals surface area contributed by atoms with Crippen molar-refractivity contribution in [3.63, 3.8) is 0 Å². The number of likely N-dealkylation sites (tertiary alicyclic amines) is 1. The van der Waals surface area contributed by atoms with Crippen LogP contribution in [0.3, 0.4) is 0 Å². The molecule has 0 radical (unpaired) electrons. The van der Waals surface area contributed by atoms with Crippen molar-refractivity contribution in [3.05, 3.63) is 95.7 Å². The number of rotatable bonds is 19. The highest BCUT2D eigenvalue weighted by molar-refractivity contribution is 5.95. The number of Topliss-reactive ketones (excluding diaryl/α,β-unsaturated/α-hetero) is 2. The zero-order valence-electron chi connectivity index (χ0n) is 32.1. The molecule has 0 unspecified atom stereocenters. The Hall–Kier alpha value is -4.94. The minimum absolute atomic E-state index is 0.0430. The third-order valence-electron chi connectivity index (χ3n) is 10.8. The highest BCUT2D eigenvalue weighted by Crippen LogP contribution is 2.43. The van der Waals surface area contributed by atoms with Crippen molar-refractivity contribution < 1.29 is 28.7 Å². The number of nitrogens with zero attached hydrogens (tertiary/aromatic N) is 2. The highest BCUT2D eigenvalue weighted by Gasteiger charge is 2.46. The standard InChI is InChI=1S/C43H56N6O6/c1-29(2)24-36(47-40(52)33(25-30-12-5-3-6-13-30)28-37(50)35(45)26-31-14-7-4-8-15-31)38(51)27-32(16-9-10-20-44)41(53)49-22-18-43(19-23-49)34-17-11-21-46-39(34)48-42(54)55-43/h3-8,11-15,17,21,29,32-33,35-36H,9-10,16,18-20,22-28,44-45H2,1-2H3,(H,47,52)(H,46,48,54)/t32-,33-,35+,36+/m0/s1. The van der Waals surface area contributed by atoms with E-state index >= 15 is 0 Å². The summed E-state index contributed by atoms with van der Waals surface area (Å²) in [5.41, 5.74) is 13.9. The molecule has 5 rings (SSSR count). The number of carbonyl (C=O) groups is 5. The van der Waals surface area contributed by atoms with Gasteiger partial charge in [-0.1, -0.05) is 80.9 Å². The number of ether oxygens (including phenoxy) is 1. The molecule has 4 atom stereocenters. The summed E-state index contributed by atoms with van der Waals surface area (Å²) in [4.78, 5) is 74.5. The van der Waals surface area contributed by atoms with Crippen LogP contribution in [0.1, 0.15) is 81.9 Å². The summed E-state index contributed by atoms with van der Waals surface area (Å²) in [6.45, 7) is 5.12. The second-order valence-electron chi connectivity index (χ2n) is 15.4. The number of fused-ring (bicyclic) bond motifs is 2. The van der Waals surface area contributed by atoms with Crippen LogP contribution in [0.25, 0.3) is 0 Å². The van der Waals surface area contributed by atoms with Crippen molar-refractivity contribution >= 4 is 35.3 Å². The summed E-state index contributed by atoms with van der Waals surface area (Å²) in [6.07, 6.45) is 4.63. The van der Waals surface area contributed by atoms with Gasteiger partial charge in [-0.2, -0.15) is 0 Å². The second kappa shape index (κ2) is 19.6. The molecule has 2 aliphatic heterocycles. The van der Waals surface area contributed by atoms with Crippen LogP contribution >= 0.6 is 0 Å². The number of amides is 3. The number of anilines is 1. The molecule has 1 aromatic heterocycles. The van der Waals surface area contributed by atoms with Crippen molar-refractivity contribution in [1.82, 2.24) is 15.2 Å². The van der Waals surface area contributed by atoms with Crippen LogP contribution in [0.2, 0.25) is 0 Å². The molecule has 0 saturated carbocycles. The number of nitrogens with one attached hydrogen (secondary N) is 2. The molecule has 2 aromatic carbocycles. The van der Waals surface area contributed by atoms with Gasteiger partial charge in [0.15, 0.2) is 11.6 Å². The van der Waals surface area contributed by atoms with Crippen LogP contribution in [0.15, 0.2) is 79.0 Å². The Morgan fingerprint density at radius 2 is 1.51 bits per heavy atom. The van der Waals surface area contributed by atoms with Gasteiger partial charge in [-0.3, -0.25) is 24.5 Å². The van der Waals surface area contributed by atoms with Gasteiger partial charge in [0, 0.05) is 62.4 Å². The lowest BCUT2D eigenvalue weighted by Crippen LogP contribution is -2.51. The van der Waals surface area contributed by atoms with Crippen LogP contribution in [0.5, 0.6) is 0 Å². The predicted octanol–water partition coefficient (Wildman–Crippen LogP) is 5.08. The number of ketones is 2. The van der Waals surface area contributed by atoms with Crippen LogP contribution in [0, 0.1) is 17.8 Å². The lowest BCUT2D eigenvalue weighted by atomic mass is 9.82. The van der Waals surface area contributed by atoms with Gasteiger partial charge in [-0.15, -0.1) is 0 Å². The molecule has 294 valence electrons. The van der Waals surface area contributed by atoms with Crippen molar-refractivity contribution in [2.45, 2.75) is 95.7 Å². The molecular weight excluding hydrogens is 697 g/mol. The van der Waals surface area contributed by atoms with Crippen molar-refractivity contribution in [2.24, 2.45) is 29.2 Å². The van der Waals surface area contributed by atoms with E-state index in [2.05, 4.69) is 15.6 Å². The third kappa shape index (κ3) is 11.3. The third-order valence-corrected chi connectivity index (χ3v) is 10.8. The molecule has 3 heterocycles. The molecule has 12 nitrogen and oxygen atoms in total. The number of benzene rings is 2. The van der Waals surface area contributed by atoms with E-state index in [1.807, 2.05) is 80.6 Å². The molecule has 3 amide bonds. The average molecular weight is 753 g/mol. The number of carbonyl (C=O) groups excluding carboxylic acids is 5. The molecule has 3 aromatic rings. The summed E-state index contributed by atoms with van der Waals surface area (Å²) in [5.74, 6) is -1.79. The lowest BCUT2D eigenvalue weighted by Gasteiger charge is -2.44. The molecule has 1 spiro atoms. The fourth-order valence-electron chi connectivity index (χ4n) is 7.74. The van der Waals surface area contributed by atoms with Crippen molar-refractivity contribution in [3.8, 4) is 0 Å². The van der Waals surface area contributed by atoms with Crippen LogP contribution in [-0.2, 0) is 42.4 Å². The Morgan fingerprint density at radius 1 is 0.873 bits per heavy atom. The topological polar surface area (TPSA) is 187 Å². The molecule has 1 fully saturated rings. The van der Waals surface area contributed by atoms with E-state index in [1.54, 1.807) is 17.2 Å². The fraction of sp³-hybridized carbons (Fsp3) is 0.488. The Bertz CT molecular complexity index is 1760.